The summed E-state index contributed by atoms with van der Waals surface area (Å²) >= 11 is 0. The fraction of sp³-hybridized carbons (Fsp3) is 0.208. The Hall–Kier alpha value is -3.78. The first-order chi connectivity index (χ1) is 15.9. The molecule has 0 bridgehead atoms. The van der Waals surface area contributed by atoms with E-state index in [0.717, 1.165) is 22.3 Å². The number of rotatable bonds is 6. The van der Waals surface area contributed by atoms with E-state index in [1.54, 1.807) is 19.9 Å². The van der Waals surface area contributed by atoms with Crippen LogP contribution in [-0.2, 0) is 11.3 Å². The third-order valence-electron chi connectivity index (χ3n) is 6.14. The van der Waals surface area contributed by atoms with Crippen LogP contribution in [0.25, 0.3) is 21.6 Å². The van der Waals surface area contributed by atoms with Gasteiger partial charge in [-0.1, -0.05) is 59.7 Å². The van der Waals surface area contributed by atoms with Crippen molar-refractivity contribution in [2.75, 3.05) is 6.61 Å². The highest BCUT2D eigenvalue weighted by atomic mass is 16.5. The molecule has 1 aliphatic rings. The van der Waals surface area contributed by atoms with Gasteiger partial charge in [-0.15, -0.1) is 0 Å². The van der Waals surface area contributed by atoms with Gasteiger partial charge in [0.15, 0.2) is 0 Å². The molecule has 33 heavy (non-hydrogen) atoms. The molecule has 0 aromatic heterocycles. The van der Waals surface area contributed by atoms with E-state index in [-0.39, 0.29) is 24.5 Å². The lowest BCUT2D eigenvalue weighted by Crippen LogP contribution is -2.34. The second-order valence-corrected chi connectivity index (χ2v) is 7.97. The number of carbonyl (C=O) groups is 1. The molecule has 0 atom stereocenters. The first-order valence-electron chi connectivity index (χ1n) is 10.6. The fourth-order valence-corrected chi connectivity index (χ4v) is 4.44. The molecule has 0 heterocycles. The van der Waals surface area contributed by atoms with Gasteiger partial charge in [0.25, 0.3) is 0 Å². The summed E-state index contributed by atoms with van der Waals surface area (Å²) in [6, 6.07) is 17.8. The van der Waals surface area contributed by atoms with Crippen LogP contribution in [0, 0.1) is 13.8 Å². The van der Waals surface area contributed by atoms with Gasteiger partial charge in [0, 0.05) is 23.1 Å². The van der Waals surface area contributed by atoms with Crippen molar-refractivity contribution in [3.63, 3.8) is 0 Å². The van der Waals surface area contributed by atoms with Crippen LogP contribution in [0.1, 0.15) is 33.7 Å². The summed E-state index contributed by atoms with van der Waals surface area (Å²) in [4.78, 5) is 15.3. The highest BCUT2D eigenvalue weighted by Gasteiger charge is 2.29. The van der Waals surface area contributed by atoms with Crippen LogP contribution in [0.15, 0.2) is 59.7 Å². The van der Waals surface area contributed by atoms with Crippen molar-refractivity contribution in [3.05, 3.63) is 92.9 Å². The Morgan fingerprint density at radius 1 is 1.09 bits per heavy atom. The van der Waals surface area contributed by atoms with Gasteiger partial charge < -0.3 is 20.1 Å². The molecule has 8 nitrogen and oxygen atoms in total. The van der Waals surface area contributed by atoms with Gasteiger partial charge in [-0.3, -0.25) is 0 Å². The van der Waals surface area contributed by atoms with E-state index in [0.29, 0.717) is 22.4 Å². The first-order valence-corrected chi connectivity index (χ1v) is 10.6. The van der Waals surface area contributed by atoms with Crippen LogP contribution >= 0.6 is 0 Å². The lowest BCUT2D eigenvalue weighted by molar-refractivity contribution is 0.142. The van der Waals surface area contributed by atoms with Gasteiger partial charge >= 0.3 is 13.2 Å². The van der Waals surface area contributed by atoms with Crippen molar-refractivity contribution >= 4 is 24.4 Å². The van der Waals surface area contributed by atoms with E-state index in [4.69, 9.17) is 10.3 Å². The number of azide groups is 1. The molecule has 166 valence electrons. The lowest BCUT2D eigenvalue weighted by Gasteiger charge is -2.17. The molecule has 0 fully saturated rings. The van der Waals surface area contributed by atoms with Gasteiger partial charge in [-0.25, -0.2) is 4.79 Å². The number of fused-ring (bicyclic) bond motifs is 3. The quantitative estimate of drug-likeness (QED) is 0.231. The minimum Gasteiger partial charge on any atom is -0.449 e. The predicted octanol–water partition coefficient (Wildman–Crippen LogP) is 3.96. The van der Waals surface area contributed by atoms with Crippen LogP contribution in [0.2, 0.25) is 0 Å². The predicted molar refractivity (Wildman–Crippen MR) is 126 cm³/mol. The Kier molecular flexibility index (Phi) is 6.37. The Bertz CT molecular complexity index is 1230. The Labute approximate surface area is 191 Å². The van der Waals surface area contributed by atoms with Crippen LogP contribution in [-0.4, -0.2) is 29.9 Å². The highest BCUT2D eigenvalue weighted by Crippen LogP contribution is 2.44. The van der Waals surface area contributed by atoms with E-state index in [9.17, 15) is 14.8 Å². The Balaban J connectivity index is 1.47. The van der Waals surface area contributed by atoms with Crippen molar-refractivity contribution in [1.29, 1.82) is 0 Å². The summed E-state index contributed by atoms with van der Waals surface area (Å²) in [5.41, 5.74) is 15.7. The lowest BCUT2D eigenvalue weighted by atomic mass is 9.75. The zero-order chi connectivity index (χ0) is 23.5. The van der Waals surface area contributed by atoms with Gasteiger partial charge in [0.1, 0.15) is 6.61 Å². The van der Waals surface area contributed by atoms with E-state index in [1.807, 2.05) is 24.3 Å². The zero-order valence-electron chi connectivity index (χ0n) is 18.3. The molecule has 0 saturated heterocycles. The molecular formula is C24H23BN4O4. The smallest absolute Gasteiger partial charge is 0.449 e. The number of nitrogens with one attached hydrogen (secondary N) is 1. The average Bonchev–Trinajstić information content (AvgIpc) is 3.13. The third-order valence-corrected chi connectivity index (χ3v) is 6.14. The number of benzene rings is 3. The van der Waals surface area contributed by atoms with E-state index in [1.165, 1.54) is 0 Å². The second kappa shape index (κ2) is 9.38. The van der Waals surface area contributed by atoms with E-state index < -0.39 is 13.2 Å². The first kappa shape index (κ1) is 22.4. The normalized spacial score (nSPS) is 11.9. The zero-order valence-corrected chi connectivity index (χ0v) is 18.3. The topological polar surface area (TPSA) is 128 Å². The van der Waals surface area contributed by atoms with Crippen LogP contribution in [0.5, 0.6) is 0 Å². The second-order valence-electron chi connectivity index (χ2n) is 7.97. The van der Waals surface area contributed by atoms with Gasteiger partial charge in [-0.05, 0) is 63.8 Å². The van der Waals surface area contributed by atoms with Crippen molar-refractivity contribution in [2.24, 2.45) is 5.11 Å². The number of hydrogen-bond acceptors (Lipinski definition) is 5. The summed E-state index contributed by atoms with van der Waals surface area (Å²) < 4.78 is 5.55. The SMILES string of the molecule is Cc1c(CNC(=O)OCC2c3ccccc3-c3ccccc32)cc(B(O)O)c(C)c1N=[N+]=[N-]. The number of carbonyl (C=O) groups excluding carboxylic acids is 1. The summed E-state index contributed by atoms with van der Waals surface area (Å²) in [7, 11) is -1.73. The molecule has 3 aromatic rings. The summed E-state index contributed by atoms with van der Waals surface area (Å²) in [6.45, 7) is 3.67. The number of nitrogens with zero attached hydrogens (tertiary/aromatic N) is 3. The molecule has 3 N–H and O–H groups in total. The average molecular weight is 442 g/mol. The minimum absolute atomic E-state index is 0.0445. The molecular weight excluding hydrogens is 419 g/mol. The van der Waals surface area contributed by atoms with Gasteiger partial charge in [0.2, 0.25) is 0 Å². The highest BCUT2D eigenvalue weighted by molar-refractivity contribution is 6.59. The van der Waals surface area contributed by atoms with Crippen molar-refractivity contribution in [1.82, 2.24) is 5.32 Å². The molecule has 0 spiro atoms. The monoisotopic (exact) mass is 442 g/mol. The number of hydrogen-bond donors (Lipinski definition) is 3. The molecule has 0 aliphatic heterocycles. The molecule has 1 aliphatic carbocycles. The molecule has 1 amide bonds. The van der Waals surface area contributed by atoms with E-state index >= 15 is 0 Å². The fourth-order valence-electron chi connectivity index (χ4n) is 4.44. The molecule has 0 radical (unpaired) electrons. The minimum atomic E-state index is -1.73. The maximum Gasteiger partial charge on any atom is 0.488 e. The van der Waals surface area contributed by atoms with Gasteiger partial charge in [0.05, 0.1) is 0 Å². The summed E-state index contributed by atoms with van der Waals surface area (Å²) in [5, 5.41) is 25.7. The molecule has 9 heteroatoms. The molecule has 4 rings (SSSR count). The number of amides is 1. The van der Waals surface area contributed by atoms with Crippen molar-refractivity contribution in [2.45, 2.75) is 26.3 Å². The third kappa shape index (κ3) is 4.30. The Morgan fingerprint density at radius 3 is 2.27 bits per heavy atom. The molecule has 0 saturated carbocycles. The molecule has 0 unspecified atom stereocenters. The van der Waals surface area contributed by atoms with Crippen LogP contribution in [0.3, 0.4) is 0 Å². The standard InChI is InChI=1S/C24H23BN4O4/c1-14-16(11-22(25(31)32)15(2)23(14)28-29-26)12-27-24(30)33-13-21-19-9-5-3-7-17(19)18-8-4-6-10-20(18)21/h3-11,21,31-32H,12-13H2,1-2H3,(H,27,30). The maximum absolute atomic E-state index is 12.5. The molecule has 3 aromatic carbocycles. The Morgan fingerprint density at radius 2 is 1.70 bits per heavy atom. The van der Waals surface area contributed by atoms with Crippen molar-refractivity contribution < 1.29 is 19.6 Å². The van der Waals surface area contributed by atoms with Crippen LogP contribution < -0.4 is 10.8 Å². The summed E-state index contributed by atoms with van der Waals surface area (Å²) in [6.07, 6.45) is -0.590. The van der Waals surface area contributed by atoms with Gasteiger partial charge in [-0.2, -0.15) is 0 Å². The largest absolute Gasteiger partial charge is 0.488 e. The van der Waals surface area contributed by atoms with Crippen LogP contribution in [0.4, 0.5) is 10.5 Å². The number of ether oxygens (including phenoxy) is 1. The number of alkyl carbamates (subject to hydrolysis) is 1. The van der Waals surface area contributed by atoms with E-state index in [2.05, 4.69) is 39.6 Å². The van der Waals surface area contributed by atoms with Crippen molar-refractivity contribution in [3.8, 4) is 11.1 Å². The summed E-state index contributed by atoms with van der Waals surface area (Å²) in [5.74, 6) is -0.0445. The maximum atomic E-state index is 12.5.